The lowest BCUT2D eigenvalue weighted by Gasteiger charge is -2.31. The number of H-pyrrole nitrogens is 1. The van der Waals surface area contributed by atoms with Gasteiger partial charge in [-0.05, 0) is 38.7 Å². The summed E-state index contributed by atoms with van der Waals surface area (Å²) in [5, 5.41) is 0. The molecule has 3 rings (SSSR count). The van der Waals surface area contributed by atoms with Gasteiger partial charge in [0.05, 0.1) is 19.1 Å². The third-order valence-electron chi connectivity index (χ3n) is 5.75. The SMILES string of the molecule is CCN(C(=O)C[NH+]1CCCC[C@H]1C)c1c(N)n(Cc2ccccc2)c(=O)[nH]c1=O. The molecule has 2 atom stereocenters. The van der Waals surface area contributed by atoms with E-state index in [2.05, 4.69) is 11.9 Å². The number of amides is 1. The Labute approximate surface area is 169 Å². The van der Waals surface area contributed by atoms with Crippen molar-refractivity contribution in [3.63, 3.8) is 0 Å². The van der Waals surface area contributed by atoms with Gasteiger partial charge >= 0.3 is 5.69 Å². The van der Waals surface area contributed by atoms with Gasteiger partial charge in [-0.15, -0.1) is 0 Å². The number of quaternary nitrogens is 1. The summed E-state index contributed by atoms with van der Waals surface area (Å²) in [5.74, 6) is -0.141. The molecule has 29 heavy (non-hydrogen) atoms. The molecule has 1 aromatic carbocycles. The molecule has 1 fully saturated rings. The number of rotatable bonds is 6. The van der Waals surface area contributed by atoms with E-state index < -0.39 is 11.2 Å². The lowest BCUT2D eigenvalue weighted by Crippen LogP contribution is -3.17. The molecule has 0 saturated carbocycles. The lowest BCUT2D eigenvalue weighted by atomic mass is 10.0. The molecular formula is C21H30N5O3+. The first-order valence-corrected chi connectivity index (χ1v) is 10.2. The second-order valence-corrected chi connectivity index (χ2v) is 7.68. The summed E-state index contributed by atoms with van der Waals surface area (Å²) in [6.45, 7) is 5.74. The molecule has 1 unspecified atom stereocenters. The monoisotopic (exact) mass is 400 g/mol. The Balaban J connectivity index is 1.92. The molecule has 1 aliphatic heterocycles. The molecule has 4 N–H and O–H groups in total. The largest absolute Gasteiger partial charge is 0.383 e. The van der Waals surface area contributed by atoms with E-state index in [4.69, 9.17) is 5.73 Å². The fourth-order valence-electron chi connectivity index (χ4n) is 4.03. The molecule has 2 aromatic rings. The van der Waals surface area contributed by atoms with Crippen LogP contribution in [-0.2, 0) is 11.3 Å². The van der Waals surface area contributed by atoms with E-state index >= 15 is 0 Å². The van der Waals surface area contributed by atoms with Crippen LogP contribution in [0.25, 0.3) is 0 Å². The van der Waals surface area contributed by atoms with Crippen molar-refractivity contribution in [1.29, 1.82) is 0 Å². The molecular weight excluding hydrogens is 370 g/mol. The maximum Gasteiger partial charge on any atom is 0.330 e. The maximum absolute atomic E-state index is 13.1. The topological polar surface area (TPSA) is 106 Å². The number of nitrogens with two attached hydrogens (primary N) is 1. The van der Waals surface area contributed by atoms with Crippen LogP contribution in [0.1, 0.15) is 38.7 Å². The van der Waals surface area contributed by atoms with E-state index in [0.717, 1.165) is 24.9 Å². The number of carbonyl (C=O) groups excluding carboxylic acids is 1. The van der Waals surface area contributed by atoms with Gasteiger partial charge in [-0.2, -0.15) is 0 Å². The number of piperidine rings is 1. The molecule has 8 nitrogen and oxygen atoms in total. The fourth-order valence-corrected chi connectivity index (χ4v) is 4.03. The van der Waals surface area contributed by atoms with Crippen LogP contribution in [0.4, 0.5) is 11.5 Å². The number of nitrogen functional groups attached to an aromatic ring is 1. The van der Waals surface area contributed by atoms with Gasteiger partial charge in [0, 0.05) is 6.54 Å². The first-order valence-electron chi connectivity index (χ1n) is 10.2. The number of likely N-dealkylation sites (N-methyl/N-ethyl adjacent to an activating group) is 1. The maximum atomic E-state index is 13.1. The lowest BCUT2D eigenvalue weighted by molar-refractivity contribution is -0.920. The molecule has 0 aliphatic carbocycles. The molecule has 0 bridgehead atoms. The van der Waals surface area contributed by atoms with Gasteiger partial charge in [0.1, 0.15) is 5.82 Å². The van der Waals surface area contributed by atoms with Crippen molar-refractivity contribution in [2.75, 3.05) is 30.3 Å². The van der Waals surface area contributed by atoms with Crippen LogP contribution in [0.5, 0.6) is 0 Å². The Hall–Kier alpha value is -2.87. The molecule has 1 aromatic heterocycles. The van der Waals surface area contributed by atoms with E-state index in [1.54, 1.807) is 6.92 Å². The van der Waals surface area contributed by atoms with Crippen LogP contribution >= 0.6 is 0 Å². The number of nitrogens with zero attached hydrogens (tertiary/aromatic N) is 2. The van der Waals surface area contributed by atoms with Gasteiger partial charge in [-0.3, -0.25) is 24.0 Å². The van der Waals surface area contributed by atoms with Crippen molar-refractivity contribution in [2.24, 2.45) is 0 Å². The number of hydrogen-bond donors (Lipinski definition) is 3. The average molecular weight is 401 g/mol. The van der Waals surface area contributed by atoms with Crippen LogP contribution in [-0.4, -0.2) is 41.1 Å². The molecule has 0 spiro atoms. The second-order valence-electron chi connectivity index (χ2n) is 7.68. The van der Waals surface area contributed by atoms with Crippen molar-refractivity contribution in [1.82, 2.24) is 9.55 Å². The molecule has 1 saturated heterocycles. The standard InChI is InChI=1S/C21H29N5O3/c1-3-25(17(27)14-24-12-8-7-9-15(24)2)18-19(22)26(21(29)23-20(18)28)13-16-10-5-4-6-11-16/h4-6,10-11,15H,3,7-9,12-14,22H2,1-2H3,(H,23,28,29)/p+1/t15-/m1/s1. The van der Waals surface area contributed by atoms with E-state index in [-0.39, 0.29) is 24.0 Å². The van der Waals surface area contributed by atoms with Gasteiger partial charge in [0.25, 0.3) is 11.5 Å². The molecule has 2 heterocycles. The number of nitrogens with one attached hydrogen (secondary N) is 2. The number of aromatic amines is 1. The summed E-state index contributed by atoms with van der Waals surface area (Å²) in [4.78, 5) is 43.0. The van der Waals surface area contributed by atoms with Gasteiger partial charge in [0.15, 0.2) is 12.2 Å². The van der Waals surface area contributed by atoms with E-state index in [0.29, 0.717) is 19.1 Å². The zero-order valence-corrected chi connectivity index (χ0v) is 17.1. The van der Waals surface area contributed by atoms with Crippen LogP contribution < -0.4 is 26.8 Å². The Morgan fingerprint density at radius 2 is 2.00 bits per heavy atom. The Kier molecular flexibility index (Phi) is 6.53. The third kappa shape index (κ3) is 4.59. The third-order valence-corrected chi connectivity index (χ3v) is 5.75. The number of likely N-dealkylation sites (tertiary alicyclic amines) is 1. The Bertz CT molecular complexity index is 967. The predicted octanol–water partition coefficient (Wildman–Crippen LogP) is -0.0227. The minimum absolute atomic E-state index is 0.0134. The van der Waals surface area contributed by atoms with Crippen molar-refractivity contribution in [2.45, 2.75) is 45.7 Å². The quantitative estimate of drug-likeness (QED) is 0.634. The smallest absolute Gasteiger partial charge is 0.330 e. The number of anilines is 2. The van der Waals surface area contributed by atoms with Crippen LogP contribution in [0.2, 0.25) is 0 Å². The average Bonchev–Trinajstić information content (AvgIpc) is 2.70. The Morgan fingerprint density at radius 3 is 2.66 bits per heavy atom. The highest BCUT2D eigenvalue weighted by molar-refractivity contribution is 5.96. The summed E-state index contributed by atoms with van der Waals surface area (Å²) >= 11 is 0. The molecule has 156 valence electrons. The van der Waals surface area contributed by atoms with Crippen molar-refractivity contribution in [3.05, 3.63) is 56.7 Å². The number of aromatic nitrogens is 2. The van der Waals surface area contributed by atoms with Gasteiger partial charge < -0.3 is 10.6 Å². The number of carbonyl (C=O) groups is 1. The van der Waals surface area contributed by atoms with E-state index in [9.17, 15) is 14.4 Å². The van der Waals surface area contributed by atoms with Gasteiger partial charge in [-0.1, -0.05) is 30.3 Å². The molecule has 8 heteroatoms. The fraction of sp³-hybridized carbons (Fsp3) is 0.476. The van der Waals surface area contributed by atoms with E-state index in [1.165, 1.54) is 20.8 Å². The van der Waals surface area contributed by atoms with Gasteiger partial charge in [-0.25, -0.2) is 4.79 Å². The van der Waals surface area contributed by atoms with Crippen molar-refractivity contribution < 1.29 is 9.69 Å². The van der Waals surface area contributed by atoms with Gasteiger partial charge in [0.2, 0.25) is 0 Å². The minimum atomic E-state index is -0.631. The first-order chi connectivity index (χ1) is 13.9. The normalized spacial score (nSPS) is 19.1. The zero-order valence-electron chi connectivity index (χ0n) is 17.1. The highest BCUT2D eigenvalue weighted by Crippen LogP contribution is 2.17. The van der Waals surface area contributed by atoms with Crippen molar-refractivity contribution >= 4 is 17.4 Å². The number of hydrogen-bond acceptors (Lipinski definition) is 4. The summed E-state index contributed by atoms with van der Waals surface area (Å²) in [5.41, 5.74) is 5.96. The van der Waals surface area contributed by atoms with Crippen molar-refractivity contribution in [3.8, 4) is 0 Å². The second kappa shape index (κ2) is 9.09. The summed E-state index contributed by atoms with van der Waals surface area (Å²) in [6, 6.07) is 9.78. The highest BCUT2D eigenvalue weighted by Gasteiger charge is 2.29. The predicted molar refractivity (Wildman–Crippen MR) is 113 cm³/mol. The summed E-state index contributed by atoms with van der Waals surface area (Å²) in [7, 11) is 0. The van der Waals surface area contributed by atoms with E-state index in [1.807, 2.05) is 30.3 Å². The Morgan fingerprint density at radius 1 is 1.28 bits per heavy atom. The first kappa shape index (κ1) is 20.9. The number of benzene rings is 1. The highest BCUT2D eigenvalue weighted by atomic mass is 16.2. The molecule has 0 radical (unpaired) electrons. The molecule has 1 amide bonds. The van der Waals surface area contributed by atoms with Crippen LogP contribution in [0, 0.1) is 0 Å². The van der Waals surface area contributed by atoms with Crippen LogP contribution in [0.15, 0.2) is 39.9 Å². The minimum Gasteiger partial charge on any atom is -0.383 e. The van der Waals surface area contributed by atoms with Crippen LogP contribution in [0.3, 0.4) is 0 Å². The molecule has 1 aliphatic rings. The zero-order chi connectivity index (χ0) is 21.0. The summed E-state index contributed by atoms with van der Waals surface area (Å²) < 4.78 is 1.30. The summed E-state index contributed by atoms with van der Waals surface area (Å²) in [6.07, 6.45) is 3.39.